The van der Waals surface area contributed by atoms with Crippen LogP contribution in [0.15, 0.2) is 75.3 Å². The lowest BCUT2D eigenvalue weighted by Gasteiger charge is -2.09. The number of nitrogens with zero attached hydrogens (tertiary/aromatic N) is 2. The van der Waals surface area contributed by atoms with E-state index in [1.54, 1.807) is 12.3 Å². The largest absolute Gasteiger partial charge is 0.507 e. The van der Waals surface area contributed by atoms with Gasteiger partial charge in [0.2, 0.25) is 0 Å². The quantitative estimate of drug-likeness (QED) is 0.728. The second-order valence-electron chi connectivity index (χ2n) is 5.78. The molecule has 2 heterocycles. The van der Waals surface area contributed by atoms with Crippen LogP contribution in [0.25, 0.3) is 0 Å². The zero-order chi connectivity index (χ0) is 16.5. The first-order chi connectivity index (χ1) is 11.7. The Morgan fingerprint density at radius 2 is 1.67 bits per heavy atom. The summed E-state index contributed by atoms with van der Waals surface area (Å²) in [6, 6.07) is 17.1. The highest BCUT2D eigenvalue weighted by Crippen LogP contribution is 2.34. The minimum atomic E-state index is 0.229. The number of aromatic hydroxyl groups is 1. The highest BCUT2D eigenvalue weighted by molar-refractivity contribution is 6.20. The molecule has 0 unspecified atom stereocenters. The normalized spacial score (nSPS) is 13.7. The number of fused-ring (bicyclic) bond motifs is 1. The number of hydrogen-bond donors (Lipinski definition) is 1. The Bertz CT molecular complexity index is 954. The molecule has 2 aromatic carbocycles. The predicted octanol–water partition coefficient (Wildman–Crippen LogP) is 4.94. The number of para-hydroxylation sites is 2. The van der Waals surface area contributed by atoms with Gasteiger partial charge >= 0.3 is 0 Å². The summed E-state index contributed by atoms with van der Waals surface area (Å²) in [6.07, 6.45) is 2.12. The highest BCUT2D eigenvalue weighted by Gasteiger charge is 2.19. The van der Waals surface area contributed by atoms with Crippen LogP contribution in [0.5, 0.6) is 5.75 Å². The summed E-state index contributed by atoms with van der Waals surface area (Å²) < 4.78 is 5.53. The monoisotopic (exact) mass is 316 g/mol. The molecule has 0 atom stereocenters. The molecule has 0 aliphatic carbocycles. The van der Waals surface area contributed by atoms with E-state index in [1.807, 2.05) is 55.5 Å². The van der Waals surface area contributed by atoms with Crippen LogP contribution in [0.3, 0.4) is 0 Å². The molecule has 0 saturated carbocycles. The topological polar surface area (TPSA) is 58.1 Å². The zero-order valence-electron chi connectivity index (χ0n) is 13.2. The van der Waals surface area contributed by atoms with Gasteiger partial charge in [0, 0.05) is 12.0 Å². The van der Waals surface area contributed by atoms with Crippen molar-refractivity contribution >= 4 is 22.8 Å². The summed E-state index contributed by atoms with van der Waals surface area (Å²) in [4.78, 5) is 9.49. The van der Waals surface area contributed by atoms with Gasteiger partial charge in [0.1, 0.15) is 11.5 Å². The molecule has 4 heteroatoms. The lowest BCUT2D eigenvalue weighted by Crippen LogP contribution is -2.09. The third kappa shape index (κ3) is 2.63. The van der Waals surface area contributed by atoms with Crippen LogP contribution in [0.2, 0.25) is 0 Å². The van der Waals surface area contributed by atoms with Gasteiger partial charge in [-0.1, -0.05) is 18.2 Å². The Kier molecular flexibility index (Phi) is 3.50. The molecule has 118 valence electrons. The molecule has 0 bridgehead atoms. The summed E-state index contributed by atoms with van der Waals surface area (Å²) >= 11 is 0. The van der Waals surface area contributed by atoms with Crippen LogP contribution in [-0.4, -0.2) is 16.5 Å². The fourth-order valence-electron chi connectivity index (χ4n) is 2.81. The SMILES string of the molecule is Cc1ccc(C2=Nc3ccccc3N=C(c3ccco3)C2)c(O)c1. The van der Waals surface area contributed by atoms with E-state index >= 15 is 0 Å². The molecule has 3 aromatic rings. The molecule has 1 aliphatic rings. The first kappa shape index (κ1) is 14.5. The highest BCUT2D eigenvalue weighted by atomic mass is 16.3. The molecular weight excluding hydrogens is 300 g/mol. The van der Waals surface area contributed by atoms with Gasteiger partial charge in [-0.05, 0) is 48.9 Å². The number of aryl methyl sites for hydroxylation is 1. The Morgan fingerprint density at radius 3 is 2.33 bits per heavy atom. The fourth-order valence-corrected chi connectivity index (χ4v) is 2.81. The van der Waals surface area contributed by atoms with E-state index in [0.717, 1.165) is 33.9 Å². The number of aliphatic imine (C=N–C) groups is 2. The molecule has 1 aromatic heterocycles. The molecule has 0 amide bonds. The van der Waals surface area contributed by atoms with Crippen molar-refractivity contribution in [3.8, 4) is 5.75 Å². The summed E-state index contributed by atoms with van der Waals surface area (Å²) in [5.74, 6) is 0.943. The van der Waals surface area contributed by atoms with Gasteiger partial charge in [-0.15, -0.1) is 0 Å². The summed E-state index contributed by atoms with van der Waals surface area (Å²) in [5.41, 5.74) is 4.87. The van der Waals surface area contributed by atoms with E-state index in [0.29, 0.717) is 12.2 Å². The Hall–Kier alpha value is -3.14. The number of phenols is 1. The van der Waals surface area contributed by atoms with Crippen molar-refractivity contribution in [1.82, 2.24) is 0 Å². The molecule has 1 aliphatic heterocycles. The molecule has 24 heavy (non-hydrogen) atoms. The minimum Gasteiger partial charge on any atom is -0.507 e. The lowest BCUT2D eigenvalue weighted by atomic mass is 10.0. The van der Waals surface area contributed by atoms with E-state index in [4.69, 9.17) is 14.4 Å². The van der Waals surface area contributed by atoms with Crippen molar-refractivity contribution in [2.45, 2.75) is 13.3 Å². The maximum atomic E-state index is 10.4. The number of rotatable bonds is 2. The van der Waals surface area contributed by atoms with Crippen molar-refractivity contribution in [2.24, 2.45) is 9.98 Å². The van der Waals surface area contributed by atoms with E-state index < -0.39 is 0 Å². The first-order valence-corrected chi connectivity index (χ1v) is 7.79. The van der Waals surface area contributed by atoms with Crippen LogP contribution in [-0.2, 0) is 0 Å². The van der Waals surface area contributed by atoms with Gasteiger partial charge in [0.05, 0.1) is 29.1 Å². The third-order valence-electron chi connectivity index (χ3n) is 4.00. The standard InChI is InChI=1S/C20H16N2O2/c1-13-8-9-14(19(23)11-13)17-12-18(20-7-4-10-24-20)22-16-6-3-2-5-15(16)21-17/h2-11,23H,12H2,1H3. The van der Waals surface area contributed by atoms with Crippen LogP contribution in [0.4, 0.5) is 11.4 Å². The third-order valence-corrected chi connectivity index (χ3v) is 4.00. The van der Waals surface area contributed by atoms with Gasteiger partial charge in [-0.2, -0.15) is 0 Å². The van der Waals surface area contributed by atoms with E-state index in [-0.39, 0.29) is 5.75 Å². The number of phenolic OH excluding ortho intramolecular Hbond substituents is 1. The van der Waals surface area contributed by atoms with Crippen molar-refractivity contribution < 1.29 is 9.52 Å². The van der Waals surface area contributed by atoms with Crippen LogP contribution in [0, 0.1) is 6.92 Å². The molecule has 4 rings (SSSR count). The van der Waals surface area contributed by atoms with E-state index in [2.05, 4.69) is 0 Å². The van der Waals surface area contributed by atoms with Crippen LogP contribution < -0.4 is 0 Å². The van der Waals surface area contributed by atoms with Gasteiger partial charge < -0.3 is 9.52 Å². The van der Waals surface area contributed by atoms with Crippen LogP contribution >= 0.6 is 0 Å². The molecule has 4 nitrogen and oxygen atoms in total. The average Bonchev–Trinajstić information content (AvgIpc) is 3.03. The first-order valence-electron chi connectivity index (χ1n) is 7.79. The van der Waals surface area contributed by atoms with E-state index in [9.17, 15) is 5.11 Å². The smallest absolute Gasteiger partial charge is 0.148 e. The summed E-state index contributed by atoms with van der Waals surface area (Å²) in [7, 11) is 0. The zero-order valence-corrected chi connectivity index (χ0v) is 13.2. The molecule has 0 saturated heterocycles. The second kappa shape index (κ2) is 5.81. The Morgan fingerprint density at radius 1 is 0.917 bits per heavy atom. The van der Waals surface area contributed by atoms with Gasteiger partial charge in [0.15, 0.2) is 0 Å². The lowest BCUT2D eigenvalue weighted by molar-refractivity contribution is 0.473. The summed E-state index contributed by atoms with van der Waals surface area (Å²) in [5, 5.41) is 10.4. The molecule has 1 N–H and O–H groups in total. The van der Waals surface area contributed by atoms with Gasteiger partial charge in [-0.3, -0.25) is 4.99 Å². The number of hydrogen-bond acceptors (Lipinski definition) is 4. The maximum Gasteiger partial charge on any atom is 0.148 e. The average molecular weight is 316 g/mol. The molecule has 0 radical (unpaired) electrons. The van der Waals surface area contributed by atoms with Gasteiger partial charge in [-0.25, -0.2) is 4.99 Å². The predicted molar refractivity (Wildman–Crippen MR) is 95.0 cm³/mol. The van der Waals surface area contributed by atoms with E-state index in [1.165, 1.54) is 0 Å². The van der Waals surface area contributed by atoms with Crippen LogP contribution in [0.1, 0.15) is 23.3 Å². The Labute approximate surface area is 139 Å². The number of furan rings is 1. The Balaban J connectivity index is 1.89. The molecular formula is C20H16N2O2. The fraction of sp³-hybridized carbons (Fsp3) is 0.100. The maximum absolute atomic E-state index is 10.4. The summed E-state index contributed by atoms with van der Waals surface area (Å²) in [6.45, 7) is 1.95. The van der Waals surface area contributed by atoms with Crippen molar-refractivity contribution in [1.29, 1.82) is 0 Å². The van der Waals surface area contributed by atoms with Gasteiger partial charge in [0.25, 0.3) is 0 Å². The second-order valence-corrected chi connectivity index (χ2v) is 5.78. The van der Waals surface area contributed by atoms with Crippen molar-refractivity contribution in [3.63, 3.8) is 0 Å². The molecule has 0 fully saturated rings. The minimum absolute atomic E-state index is 0.229. The molecule has 0 spiro atoms. The number of benzene rings is 2. The van der Waals surface area contributed by atoms with Crippen molar-refractivity contribution in [3.05, 3.63) is 77.7 Å². The van der Waals surface area contributed by atoms with Crippen molar-refractivity contribution in [2.75, 3.05) is 0 Å².